The van der Waals surface area contributed by atoms with Crippen molar-refractivity contribution in [3.05, 3.63) is 46.4 Å². The Morgan fingerprint density at radius 2 is 1.65 bits per heavy atom. The highest BCUT2D eigenvalue weighted by Crippen LogP contribution is 2.30. The van der Waals surface area contributed by atoms with E-state index >= 15 is 0 Å². The van der Waals surface area contributed by atoms with Crippen LogP contribution in [0.4, 0.5) is 11.4 Å². The third-order valence-corrected chi connectivity index (χ3v) is 2.65. The molecule has 2 rings (SSSR count). The van der Waals surface area contributed by atoms with Crippen LogP contribution in [0.3, 0.4) is 0 Å². The Balaban J connectivity index is 2.28. The fourth-order valence-electron chi connectivity index (χ4n) is 1.35. The zero-order valence-electron chi connectivity index (χ0n) is 8.78. The van der Waals surface area contributed by atoms with Crippen molar-refractivity contribution < 1.29 is 4.74 Å². The highest BCUT2D eigenvalue weighted by atomic mass is 35.5. The number of benzene rings is 2. The van der Waals surface area contributed by atoms with Crippen LogP contribution < -0.4 is 16.2 Å². The molecular weight excluding hydrogens is 259 g/mol. The van der Waals surface area contributed by atoms with Crippen molar-refractivity contribution in [2.24, 2.45) is 0 Å². The maximum atomic E-state index is 5.89. The lowest BCUT2D eigenvalue weighted by molar-refractivity contribution is 0.483. The molecule has 0 spiro atoms. The second-order valence-electron chi connectivity index (χ2n) is 3.51. The van der Waals surface area contributed by atoms with Crippen molar-refractivity contribution in [2.45, 2.75) is 0 Å². The summed E-state index contributed by atoms with van der Waals surface area (Å²) < 4.78 is 5.57. The molecule has 0 heterocycles. The summed E-state index contributed by atoms with van der Waals surface area (Å²) in [4.78, 5) is 0. The van der Waals surface area contributed by atoms with Gasteiger partial charge in [0.15, 0.2) is 0 Å². The molecule has 2 aromatic carbocycles. The largest absolute Gasteiger partial charge is 0.457 e. The maximum Gasteiger partial charge on any atom is 0.130 e. The second-order valence-corrected chi connectivity index (χ2v) is 4.35. The molecule has 0 saturated heterocycles. The van der Waals surface area contributed by atoms with Gasteiger partial charge in [0.1, 0.15) is 11.5 Å². The van der Waals surface area contributed by atoms with Crippen LogP contribution in [0.5, 0.6) is 11.5 Å². The normalized spacial score (nSPS) is 10.2. The third-order valence-electron chi connectivity index (χ3n) is 2.10. The van der Waals surface area contributed by atoms with Gasteiger partial charge in [-0.3, -0.25) is 0 Å². The smallest absolute Gasteiger partial charge is 0.130 e. The first-order valence-electron chi connectivity index (χ1n) is 4.83. The first-order chi connectivity index (χ1) is 8.04. The average molecular weight is 269 g/mol. The van der Waals surface area contributed by atoms with Crippen LogP contribution >= 0.6 is 23.2 Å². The molecular formula is C12H10Cl2N2O. The minimum Gasteiger partial charge on any atom is -0.457 e. The van der Waals surface area contributed by atoms with Gasteiger partial charge in [-0.15, -0.1) is 0 Å². The van der Waals surface area contributed by atoms with Gasteiger partial charge >= 0.3 is 0 Å². The molecule has 0 amide bonds. The van der Waals surface area contributed by atoms with Crippen LogP contribution in [0, 0.1) is 0 Å². The lowest BCUT2D eigenvalue weighted by Gasteiger charge is -2.08. The van der Waals surface area contributed by atoms with E-state index in [2.05, 4.69) is 0 Å². The van der Waals surface area contributed by atoms with Gasteiger partial charge in [-0.25, -0.2) is 0 Å². The van der Waals surface area contributed by atoms with E-state index in [1.807, 2.05) is 0 Å². The molecule has 0 aliphatic rings. The Morgan fingerprint density at radius 1 is 0.882 bits per heavy atom. The lowest BCUT2D eigenvalue weighted by Crippen LogP contribution is -1.90. The van der Waals surface area contributed by atoms with Gasteiger partial charge in [-0.05, 0) is 24.3 Å². The number of rotatable bonds is 2. The van der Waals surface area contributed by atoms with Crippen LogP contribution in [0.2, 0.25) is 10.0 Å². The zero-order valence-corrected chi connectivity index (χ0v) is 10.3. The molecule has 3 nitrogen and oxygen atoms in total. The van der Waals surface area contributed by atoms with Crippen molar-refractivity contribution in [3.63, 3.8) is 0 Å². The van der Waals surface area contributed by atoms with E-state index in [0.29, 0.717) is 32.9 Å². The molecule has 4 N–H and O–H groups in total. The van der Waals surface area contributed by atoms with Gasteiger partial charge in [-0.2, -0.15) is 0 Å². The molecule has 0 saturated carbocycles. The van der Waals surface area contributed by atoms with Gasteiger partial charge in [0.25, 0.3) is 0 Å². The predicted octanol–water partition coefficient (Wildman–Crippen LogP) is 3.95. The highest BCUT2D eigenvalue weighted by molar-refractivity contribution is 6.33. The molecule has 0 unspecified atom stereocenters. The van der Waals surface area contributed by atoms with Gasteiger partial charge < -0.3 is 16.2 Å². The summed E-state index contributed by atoms with van der Waals surface area (Å²) in [5.74, 6) is 1.13. The van der Waals surface area contributed by atoms with Gasteiger partial charge in [0, 0.05) is 22.8 Å². The van der Waals surface area contributed by atoms with Gasteiger partial charge in [0.05, 0.1) is 10.7 Å². The van der Waals surface area contributed by atoms with E-state index in [1.165, 1.54) is 0 Å². The second kappa shape index (κ2) is 4.73. The summed E-state index contributed by atoms with van der Waals surface area (Å²) in [7, 11) is 0. The number of hydrogen-bond donors (Lipinski definition) is 2. The van der Waals surface area contributed by atoms with E-state index in [0.717, 1.165) is 0 Å². The zero-order chi connectivity index (χ0) is 12.4. The van der Waals surface area contributed by atoms with Crippen LogP contribution in [0.25, 0.3) is 0 Å². The summed E-state index contributed by atoms with van der Waals surface area (Å²) in [6.45, 7) is 0. The summed E-state index contributed by atoms with van der Waals surface area (Å²) in [6, 6.07) is 10.0. The molecule has 0 bridgehead atoms. The lowest BCUT2D eigenvalue weighted by atomic mass is 10.3. The molecule has 2 aromatic rings. The summed E-state index contributed by atoms with van der Waals surface area (Å²) in [5.41, 5.74) is 12.3. The Hall–Kier alpha value is -1.58. The summed E-state index contributed by atoms with van der Waals surface area (Å²) >= 11 is 11.8. The molecule has 0 fully saturated rings. The number of anilines is 2. The molecule has 5 heteroatoms. The average Bonchev–Trinajstić information content (AvgIpc) is 2.22. The fourth-order valence-corrected chi connectivity index (χ4v) is 1.75. The van der Waals surface area contributed by atoms with Crippen LogP contribution in [-0.4, -0.2) is 0 Å². The quantitative estimate of drug-likeness (QED) is 0.811. The number of nitrogens with two attached hydrogens (primary N) is 2. The van der Waals surface area contributed by atoms with Crippen LogP contribution in [0.1, 0.15) is 0 Å². The third kappa shape index (κ3) is 2.96. The topological polar surface area (TPSA) is 61.3 Å². The standard InChI is InChI=1S/C12H10Cl2N2O/c13-7-3-8(15)5-10(4-7)17-9-1-2-12(16)11(14)6-9/h1-6H,15-16H2. The highest BCUT2D eigenvalue weighted by Gasteiger charge is 2.03. The molecule has 0 aromatic heterocycles. The van der Waals surface area contributed by atoms with E-state index in [1.54, 1.807) is 36.4 Å². The van der Waals surface area contributed by atoms with Crippen molar-refractivity contribution in [3.8, 4) is 11.5 Å². The first kappa shape index (κ1) is 11.9. The predicted molar refractivity (Wildman–Crippen MR) is 71.8 cm³/mol. The summed E-state index contributed by atoms with van der Waals surface area (Å²) in [6.07, 6.45) is 0. The molecule has 88 valence electrons. The number of halogens is 2. The van der Waals surface area contributed by atoms with Gasteiger partial charge in [0.2, 0.25) is 0 Å². The van der Waals surface area contributed by atoms with E-state index in [-0.39, 0.29) is 0 Å². The SMILES string of the molecule is Nc1cc(Cl)cc(Oc2ccc(N)c(Cl)c2)c1. The molecule has 17 heavy (non-hydrogen) atoms. The van der Waals surface area contributed by atoms with Crippen molar-refractivity contribution in [2.75, 3.05) is 11.5 Å². The minimum absolute atomic E-state index is 0.442. The Labute approximate surface area is 109 Å². The van der Waals surface area contributed by atoms with Crippen LogP contribution in [-0.2, 0) is 0 Å². The monoisotopic (exact) mass is 268 g/mol. The Kier molecular flexibility index (Phi) is 3.31. The van der Waals surface area contributed by atoms with E-state index < -0.39 is 0 Å². The Bertz CT molecular complexity index is 538. The number of ether oxygens (including phenoxy) is 1. The number of hydrogen-bond acceptors (Lipinski definition) is 3. The first-order valence-corrected chi connectivity index (χ1v) is 5.59. The fraction of sp³-hybridized carbons (Fsp3) is 0. The molecule has 0 aliphatic heterocycles. The minimum atomic E-state index is 0.442. The maximum absolute atomic E-state index is 5.89. The van der Waals surface area contributed by atoms with Gasteiger partial charge in [-0.1, -0.05) is 23.2 Å². The summed E-state index contributed by atoms with van der Waals surface area (Å²) in [5, 5.41) is 0.957. The Morgan fingerprint density at radius 3 is 2.29 bits per heavy atom. The van der Waals surface area contributed by atoms with Crippen LogP contribution in [0.15, 0.2) is 36.4 Å². The number of nitrogen functional groups attached to an aromatic ring is 2. The molecule has 0 atom stereocenters. The molecule has 0 aliphatic carbocycles. The molecule has 0 radical (unpaired) electrons. The van der Waals surface area contributed by atoms with Crippen molar-refractivity contribution >= 4 is 34.6 Å². The van der Waals surface area contributed by atoms with Crippen molar-refractivity contribution in [1.82, 2.24) is 0 Å². The van der Waals surface area contributed by atoms with Crippen molar-refractivity contribution in [1.29, 1.82) is 0 Å². The van der Waals surface area contributed by atoms with E-state index in [4.69, 9.17) is 39.4 Å². The van der Waals surface area contributed by atoms with E-state index in [9.17, 15) is 0 Å².